The Morgan fingerprint density at radius 3 is 2.35 bits per heavy atom. The molecule has 1 aliphatic carbocycles. The Labute approximate surface area is 243 Å². The summed E-state index contributed by atoms with van der Waals surface area (Å²) < 4.78 is 66.4. The average Bonchev–Trinajstić information content (AvgIpc) is 3.28. The van der Waals surface area contributed by atoms with Gasteiger partial charge < -0.3 is 29.4 Å². The van der Waals surface area contributed by atoms with Crippen molar-refractivity contribution < 1.29 is 41.7 Å². The van der Waals surface area contributed by atoms with Gasteiger partial charge in [0.2, 0.25) is 5.91 Å². The zero-order valence-corrected chi connectivity index (χ0v) is 23.1. The summed E-state index contributed by atoms with van der Waals surface area (Å²) in [7, 11) is 1.24. The van der Waals surface area contributed by atoms with Gasteiger partial charge in [0.15, 0.2) is 0 Å². The number of fused-ring (bicyclic) bond motifs is 1. The Balaban J connectivity index is 1.55. The highest BCUT2D eigenvalue weighted by Crippen LogP contribution is 2.37. The summed E-state index contributed by atoms with van der Waals surface area (Å²) in [5.74, 6) is -5.14. The van der Waals surface area contributed by atoms with Crippen molar-refractivity contribution in [3.8, 4) is 11.5 Å². The minimum atomic E-state index is -3.07. The number of amides is 2. The number of aliphatic hydroxyl groups is 1. The zero-order chi connectivity index (χ0) is 30.8. The number of methoxy groups -OCH3 is 1. The van der Waals surface area contributed by atoms with Gasteiger partial charge in [0.05, 0.1) is 13.7 Å². The molecule has 2 atom stereocenters. The van der Waals surface area contributed by atoms with Crippen LogP contribution in [-0.4, -0.2) is 54.4 Å². The molecule has 0 spiro atoms. The number of ether oxygens (including phenoxy) is 2. The van der Waals surface area contributed by atoms with E-state index in [0.29, 0.717) is 12.8 Å². The van der Waals surface area contributed by atoms with Crippen LogP contribution in [0.4, 0.5) is 23.2 Å². The van der Waals surface area contributed by atoms with E-state index in [1.54, 1.807) is 6.07 Å². The molecule has 2 amide bonds. The van der Waals surface area contributed by atoms with Crippen molar-refractivity contribution in [2.45, 2.75) is 50.8 Å². The highest BCUT2D eigenvalue weighted by atomic mass is 19.3. The second-order valence-electron chi connectivity index (χ2n) is 10.3. The van der Waals surface area contributed by atoms with E-state index in [1.807, 2.05) is 0 Å². The molecule has 0 radical (unpaired) electrons. The largest absolute Gasteiger partial charge is 0.497 e. The second kappa shape index (κ2) is 12.5. The molecule has 0 bridgehead atoms. The number of aliphatic hydroxyl groups excluding tert-OH is 1. The van der Waals surface area contributed by atoms with Crippen LogP contribution in [0.2, 0.25) is 0 Å². The van der Waals surface area contributed by atoms with Gasteiger partial charge in [0, 0.05) is 48.0 Å². The predicted molar refractivity (Wildman–Crippen MR) is 147 cm³/mol. The average molecular weight is 604 g/mol. The first-order valence-corrected chi connectivity index (χ1v) is 13.7. The third kappa shape index (κ3) is 5.94. The van der Waals surface area contributed by atoms with Crippen LogP contribution in [0.25, 0.3) is 0 Å². The number of benzene rings is 2. The van der Waals surface area contributed by atoms with Gasteiger partial charge >= 0.3 is 6.61 Å². The van der Waals surface area contributed by atoms with Crippen molar-refractivity contribution >= 4 is 17.5 Å². The molecule has 0 saturated carbocycles. The molecule has 1 saturated heterocycles. The molecule has 9 nitrogen and oxygen atoms in total. The maximum atomic E-state index is 15.3. The monoisotopic (exact) mass is 603 g/mol. The van der Waals surface area contributed by atoms with Crippen LogP contribution >= 0.6 is 0 Å². The van der Waals surface area contributed by atoms with Gasteiger partial charge in [-0.3, -0.25) is 14.4 Å². The van der Waals surface area contributed by atoms with E-state index in [1.165, 1.54) is 23.8 Å². The van der Waals surface area contributed by atoms with Crippen LogP contribution in [0.3, 0.4) is 0 Å². The number of carbonyl (C=O) groups is 2. The SMILES string of the molecule is COc1cc(F)c([C@@H]2CN(c3cc4c(n(CCO)c3=O)CCCC4)C(=O)[C@H]2NC(=O)c2ccc(OC(F)F)cc2)c(F)c1. The van der Waals surface area contributed by atoms with Crippen LogP contribution in [0, 0.1) is 11.6 Å². The number of nitrogens with one attached hydrogen (secondary N) is 1. The van der Waals surface area contributed by atoms with Gasteiger partial charge in [-0.2, -0.15) is 8.78 Å². The quantitative estimate of drug-likeness (QED) is 0.363. The van der Waals surface area contributed by atoms with Crippen molar-refractivity contribution in [2.75, 3.05) is 25.2 Å². The number of nitrogens with zero attached hydrogens (tertiary/aromatic N) is 2. The maximum Gasteiger partial charge on any atom is 0.387 e. The van der Waals surface area contributed by atoms with E-state index in [2.05, 4.69) is 10.1 Å². The third-order valence-corrected chi connectivity index (χ3v) is 7.80. The number of aromatic nitrogens is 1. The molecule has 2 heterocycles. The van der Waals surface area contributed by atoms with Crippen molar-refractivity contribution in [1.29, 1.82) is 0 Å². The molecule has 0 unspecified atom stereocenters. The summed E-state index contributed by atoms with van der Waals surface area (Å²) in [5, 5.41) is 12.2. The predicted octanol–water partition coefficient (Wildman–Crippen LogP) is 3.54. The maximum absolute atomic E-state index is 15.3. The van der Waals surface area contributed by atoms with Crippen molar-refractivity contribution in [1.82, 2.24) is 9.88 Å². The fourth-order valence-electron chi connectivity index (χ4n) is 5.81. The fraction of sp³-hybridized carbons (Fsp3) is 0.367. The summed E-state index contributed by atoms with van der Waals surface area (Å²) in [6.45, 7) is -3.71. The molecule has 43 heavy (non-hydrogen) atoms. The molecule has 2 N–H and O–H groups in total. The molecule has 1 aromatic heterocycles. The lowest BCUT2D eigenvalue weighted by Crippen LogP contribution is -2.45. The number of hydrogen-bond acceptors (Lipinski definition) is 6. The minimum absolute atomic E-state index is 0.00757. The smallest absolute Gasteiger partial charge is 0.387 e. The van der Waals surface area contributed by atoms with E-state index in [-0.39, 0.29) is 42.4 Å². The van der Waals surface area contributed by atoms with Crippen LogP contribution in [0.1, 0.15) is 45.9 Å². The Bertz CT molecular complexity index is 1570. The van der Waals surface area contributed by atoms with Crippen molar-refractivity contribution in [3.63, 3.8) is 0 Å². The van der Waals surface area contributed by atoms with Crippen LogP contribution in [0.15, 0.2) is 47.3 Å². The first kappa shape index (κ1) is 30.1. The van der Waals surface area contributed by atoms with Crippen molar-refractivity contribution in [3.05, 3.63) is 86.8 Å². The van der Waals surface area contributed by atoms with Gasteiger partial charge in [0.25, 0.3) is 11.5 Å². The lowest BCUT2D eigenvalue weighted by molar-refractivity contribution is -0.118. The highest BCUT2D eigenvalue weighted by Gasteiger charge is 2.46. The molecule has 2 aromatic carbocycles. The van der Waals surface area contributed by atoms with E-state index in [9.17, 15) is 28.3 Å². The number of halogens is 4. The molecule has 5 rings (SSSR count). The molecule has 1 aliphatic heterocycles. The number of hydrogen-bond donors (Lipinski definition) is 2. The van der Waals surface area contributed by atoms with Crippen LogP contribution < -0.4 is 25.2 Å². The Kier molecular flexibility index (Phi) is 8.71. The molecule has 2 aliphatic rings. The van der Waals surface area contributed by atoms with E-state index in [4.69, 9.17) is 4.74 Å². The molecule has 13 heteroatoms. The van der Waals surface area contributed by atoms with E-state index < -0.39 is 53.1 Å². The number of pyridine rings is 1. The second-order valence-corrected chi connectivity index (χ2v) is 10.3. The zero-order valence-electron chi connectivity index (χ0n) is 23.1. The fourth-order valence-corrected chi connectivity index (χ4v) is 5.81. The van der Waals surface area contributed by atoms with Gasteiger partial charge in [-0.05, 0) is 61.6 Å². The first-order valence-electron chi connectivity index (χ1n) is 13.7. The van der Waals surface area contributed by atoms with Crippen LogP contribution in [0.5, 0.6) is 11.5 Å². The number of alkyl halides is 2. The van der Waals surface area contributed by atoms with Gasteiger partial charge in [-0.1, -0.05) is 0 Å². The number of carbonyl (C=O) groups excluding carboxylic acids is 2. The van der Waals surface area contributed by atoms with Crippen LogP contribution in [-0.2, 0) is 24.2 Å². The number of anilines is 1. The summed E-state index contributed by atoms with van der Waals surface area (Å²) >= 11 is 0. The minimum Gasteiger partial charge on any atom is -0.497 e. The Morgan fingerprint density at radius 2 is 1.72 bits per heavy atom. The first-order chi connectivity index (χ1) is 20.6. The topological polar surface area (TPSA) is 110 Å². The van der Waals surface area contributed by atoms with E-state index in [0.717, 1.165) is 53.3 Å². The molecule has 3 aromatic rings. The third-order valence-electron chi connectivity index (χ3n) is 7.80. The summed E-state index contributed by atoms with van der Waals surface area (Å²) in [5.41, 5.74) is 0.535. The Hall–Kier alpha value is -4.39. The Morgan fingerprint density at radius 1 is 1.05 bits per heavy atom. The summed E-state index contributed by atoms with van der Waals surface area (Å²) in [6, 6.07) is 6.70. The summed E-state index contributed by atoms with van der Waals surface area (Å²) in [4.78, 5) is 41.8. The lowest BCUT2D eigenvalue weighted by atomic mass is 9.92. The number of aryl methyl sites for hydroxylation is 1. The van der Waals surface area contributed by atoms with Gasteiger partial charge in [-0.25, -0.2) is 8.78 Å². The molecule has 228 valence electrons. The normalized spacial score (nSPS) is 18.1. The van der Waals surface area contributed by atoms with Crippen molar-refractivity contribution in [2.24, 2.45) is 0 Å². The number of rotatable bonds is 9. The molecular weight excluding hydrogens is 574 g/mol. The molecular formula is C30H29F4N3O6. The van der Waals surface area contributed by atoms with Gasteiger partial charge in [0.1, 0.15) is 34.9 Å². The lowest BCUT2D eigenvalue weighted by Gasteiger charge is -2.25. The summed E-state index contributed by atoms with van der Waals surface area (Å²) in [6.07, 6.45) is 3.00. The highest BCUT2D eigenvalue weighted by molar-refractivity contribution is 6.05. The molecule has 1 fully saturated rings. The standard InChI is InChI=1S/C30H29F4N3O6/c1-42-19-13-21(31)25(22(32)14-19)20-15-37(24-12-17-4-2-3-5-23(17)36(10-11-38)28(24)40)29(41)26(20)35-27(39)16-6-8-18(9-7-16)43-30(33)34/h6-9,12-14,20,26,30,38H,2-5,10-11,15H2,1H3,(H,35,39)/t20-,26-/m0/s1. The van der Waals surface area contributed by atoms with Gasteiger partial charge in [-0.15, -0.1) is 0 Å². The van der Waals surface area contributed by atoms with E-state index >= 15 is 8.78 Å².